The lowest BCUT2D eigenvalue weighted by Gasteiger charge is -2.09. The number of rotatable bonds is 5. The molecule has 0 radical (unpaired) electrons. The molecule has 0 bridgehead atoms. The van der Waals surface area contributed by atoms with E-state index in [0.29, 0.717) is 24.3 Å². The Morgan fingerprint density at radius 2 is 2.13 bits per heavy atom. The number of para-hydroxylation sites is 1. The van der Waals surface area contributed by atoms with E-state index in [-0.39, 0.29) is 5.78 Å². The van der Waals surface area contributed by atoms with E-state index in [1.807, 2.05) is 19.1 Å². The van der Waals surface area contributed by atoms with Crippen LogP contribution in [0.15, 0.2) is 35.3 Å². The number of carbonyl (C=O) groups excluding carboxylic acids is 1. The highest BCUT2D eigenvalue weighted by Gasteiger charge is 2.09. The van der Waals surface area contributed by atoms with Crippen molar-refractivity contribution in [2.24, 2.45) is 0 Å². The van der Waals surface area contributed by atoms with E-state index in [1.54, 1.807) is 12.1 Å². The van der Waals surface area contributed by atoms with Crippen LogP contribution in [0, 0.1) is 0 Å². The fourth-order valence-corrected chi connectivity index (χ4v) is 1.28. The maximum atomic E-state index is 11.6. The van der Waals surface area contributed by atoms with E-state index in [2.05, 4.69) is 22.5 Å². The summed E-state index contributed by atoms with van der Waals surface area (Å²) in [6.07, 6.45) is 0.482. The molecule has 0 spiro atoms. The summed E-state index contributed by atoms with van der Waals surface area (Å²) < 4.78 is 6.21. The third kappa shape index (κ3) is 3.51. The van der Waals surface area contributed by atoms with Crippen LogP contribution >= 0.6 is 15.9 Å². The molecule has 0 saturated carbocycles. The minimum atomic E-state index is 0.0887. The highest BCUT2D eigenvalue weighted by atomic mass is 79.9. The molecule has 0 aliphatic heterocycles. The molecular formula is C12H13BrO2. The number of carbonyl (C=O) groups is 1. The van der Waals surface area contributed by atoms with Gasteiger partial charge in [-0.15, -0.1) is 0 Å². The molecular weight excluding hydrogens is 256 g/mol. The van der Waals surface area contributed by atoms with Crippen LogP contribution < -0.4 is 4.74 Å². The summed E-state index contributed by atoms with van der Waals surface area (Å²) in [7, 11) is 0. The van der Waals surface area contributed by atoms with Crippen LogP contribution in [0.5, 0.6) is 5.75 Å². The van der Waals surface area contributed by atoms with E-state index >= 15 is 0 Å². The van der Waals surface area contributed by atoms with Gasteiger partial charge in [-0.25, -0.2) is 0 Å². The number of halogens is 1. The summed E-state index contributed by atoms with van der Waals surface area (Å²) in [5.74, 6) is 0.704. The average molecular weight is 269 g/mol. The minimum Gasteiger partial charge on any atom is -0.488 e. The second-order valence-corrected chi connectivity index (χ2v) is 4.20. The molecule has 1 aromatic carbocycles. The van der Waals surface area contributed by atoms with Crippen molar-refractivity contribution in [3.63, 3.8) is 0 Å². The molecule has 0 saturated heterocycles. The second kappa shape index (κ2) is 5.71. The molecule has 1 rings (SSSR count). The van der Waals surface area contributed by atoms with Crippen LogP contribution in [0.2, 0.25) is 0 Å². The number of hydrogen-bond acceptors (Lipinski definition) is 2. The molecule has 1 aromatic rings. The first kappa shape index (κ1) is 12.0. The molecule has 0 atom stereocenters. The van der Waals surface area contributed by atoms with Crippen LogP contribution in [0.1, 0.15) is 23.7 Å². The highest BCUT2D eigenvalue weighted by molar-refractivity contribution is 9.11. The molecule has 0 N–H and O–H groups in total. The van der Waals surface area contributed by atoms with Gasteiger partial charge in [0.1, 0.15) is 12.4 Å². The molecule has 15 heavy (non-hydrogen) atoms. The fraction of sp³-hybridized carbons (Fsp3) is 0.250. The van der Waals surface area contributed by atoms with Crippen molar-refractivity contribution in [1.82, 2.24) is 0 Å². The molecule has 0 aromatic heterocycles. The first-order chi connectivity index (χ1) is 7.15. The number of hydrogen-bond donors (Lipinski definition) is 0. The van der Waals surface area contributed by atoms with Gasteiger partial charge in [0, 0.05) is 10.9 Å². The van der Waals surface area contributed by atoms with Gasteiger partial charge in [-0.3, -0.25) is 4.79 Å². The summed E-state index contributed by atoms with van der Waals surface area (Å²) >= 11 is 3.21. The maximum Gasteiger partial charge on any atom is 0.166 e. The molecule has 0 amide bonds. The van der Waals surface area contributed by atoms with E-state index < -0.39 is 0 Å². The Labute approximate surface area is 98.1 Å². The summed E-state index contributed by atoms with van der Waals surface area (Å²) in [6.45, 7) is 5.88. The Morgan fingerprint density at radius 1 is 1.47 bits per heavy atom. The van der Waals surface area contributed by atoms with Gasteiger partial charge in [0.2, 0.25) is 0 Å². The number of ketones is 1. The lowest BCUT2D eigenvalue weighted by molar-refractivity contribution is 0.0984. The lowest BCUT2D eigenvalue weighted by Crippen LogP contribution is -2.03. The fourth-order valence-electron chi connectivity index (χ4n) is 1.17. The molecule has 3 heteroatoms. The standard InChI is InChI=1S/C12H13BrO2/c1-3-11(14)10-6-4-5-7-12(10)15-8-9(2)13/h4-7H,2-3,8H2,1H3. The third-order valence-corrected chi connectivity index (χ3v) is 2.12. The number of ether oxygens (including phenoxy) is 1. The Kier molecular flexibility index (Phi) is 4.56. The Bertz CT molecular complexity index is 372. The summed E-state index contributed by atoms with van der Waals surface area (Å²) in [6, 6.07) is 7.24. The van der Waals surface area contributed by atoms with Crippen LogP contribution in [-0.2, 0) is 0 Å². The Hall–Kier alpha value is -1.09. The van der Waals surface area contributed by atoms with Crippen LogP contribution in [0.3, 0.4) is 0 Å². The minimum absolute atomic E-state index is 0.0887. The Balaban J connectivity index is 2.86. The van der Waals surface area contributed by atoms with Crippen molar-refractivity contribution in [1.29, 1.82) is 0 Å². The van der Waals surface area contributed by atoms with Gasteiger partial charge in [0.25, 0.3) is 0 Å². The molecule has 0 aliphatic carbocycles. The van der Waals surface area contributed by atoms with Gasteiger partial charge < -0.3 is 4.74 Å². The predicted octanol–water partition coefficient (Wildman–Crippen LogP) is 3.57. The maximum absolute atomic E-state index is 11.6. The van der Waals surface area contributed by atoms with Gasteiger partial charge in [-0.2, -0.15) is 0 Å². The van der Waals surface area contributed by atoms with Gasteiger partial charge in [0.05, 0.1) is 5.56 Å². The summed E-state index contributed by atoms with van der Waals surface area (Å²) in [5, 5.41) is 0. The van der Waals surface area contributed by atoms with Crippen molar-refractivity contribution in [2.75, 3.05) is 6.61 Å². The summed E-state index contributed by atoms with van der Waals surface area (Å²) in [4.78, 5) is 11.6. The number of benzene rings is 1. The molecule has 80 valence electrons. The van der Waals surface area contributed by atoms with Crippen molar-refractivity contribution >= 4 is 21.7 Å². The third-order valence-electron chi connectivity index (χ3n) is 1.89. The van der Waals surface area contributed by atoms with Gasteiger partial charge >= 0.3 is 0 Å². The zero-order valence-corrected chi connectivity index (χ0v) is 10.2. The van der Waals surface area contributed by atoms with Gasteiger partial charge in [-0.05, 0) is 12.1 Å². The molecule has 0 aliphatic rings. The topological polar surface area (TPSA) is 26.3 Å². The largest absolute Gasteiger partial charge is 0.488 e. The smallest absolute Gasteiger partial charge is 0.166 e. The van der Waals surface area contributed by atoms with Gasteiger partial charge in [-0.1, -0.05) is 41.6 Å². The van der Waals surface area contributed by atoms with Crippen LogP contribution in [0.25, 0.3) is 0 Å². The quantitative estimate of drug-likeness (QED) is 0.764. The van der Waals surface area contributed by atoms with Crippen molar-refractivity contribution in [3.05, 3.63) is 40.9 Å². The molecule has 0 heterocycles. The first-order valence-corrected chi connectivity index (χ1v) is 5.52. The monoisotopic (exact) mass is 268 g/mol. The average Bonchev–Trinajstić information content (AvgIpc) is 2.25. The molecule has 2 nitrogen and oxygen atoms in total. The van der Waals surface area contributed by atoms with Gasteiger partial charge in [0.15, 0.2) is 5.78 Å². The van der Waals surface area contributed by atoms with Crippen LogP contribution in [-0.4, -0.2) is 12.4 Å². The summed E-state index contributed by atoms with van der Waals surface area (Å²) in [5.41, 5.74) is 0.633. The second-order valence-electron chi connectivity index (χ2n) is 3.08. The molecule has 0 fully saturated rings. The first-order valence-electron chi connectivity index (χ1n) is 4.73. The SMILES string of the molecule is C=C(Br)COc1ccccc1C(=O)CC. The van der Waals surface area contributed by atoms with E-state index in [1.165, 1.54) is 0 Å². The van der Waals surface area contributed by atoms with Crippen molar-refractivity contribution < 1.29 is 9.53 Å². The normalized spacial score (nSPS) is 9.73. The lowest BCUT2D eigenvalue weighted by atomic mass is 10.1. The van der Waals surface area contributed by atoms with E-state index in [0.717, 1.165) is 4.48 Å². The zero-order chi connectivity index (χ0) is 11.3. The zero-order valence-electron chi connectivity index (χ0n) is 8.63. The highest BCUT2D eigenvalue weighted by Crippen LogP contribution is 2.20. The molecule has 0 unspecified atom stereocenters. The van der Waals surface area contributed by atoms with Crippen molar-refractivity contribution in [3.8, 4) is 5.75 Å². The van der Waals surface area contributed by atoms with Crippen molar-refractivity contribution in [2.45, 2.75) is 13.3 Å². The van der Waals surface area contributed by atoms with E-state index in [4.69, 9.17) is 4.74 Å². The van der Waals surface area contributed by atoms with E-state index in [9.17, 15) is 4.79 Å². The number of Topliss-reactive ketones (excluding diaryl/α,β-unsaturated/α-hetero) is 1. The van der Waals surface area contributed by atoms with Crippen LogP contribution in [0.4, 0.5) is 0 Å². The Morgan fingerprint density at radius 3 is 2.73 bits per heavy atom. The predicted molar refractivity (Wildman–Crippen MR) is 64.6 cm³/mol.